The monoisotopic (exact) mass is 487 g/mol. The minimum atomic E-state index is -1.23. The summed E-state index contributed by atoms with van der Waals surface area (Å²) in [6, 6.07) is 5.36. The average Bonchev–Trinajstić information content (AvgIpc) is 3.33. The van der Waals surface area contributed by atoms with E-state index in [0.717, 1.165) is 0 Å². The molecular weight excluding hydrogens is 458 g/mol. The number of carboxylic acids is 1. The number of hydrogen-bond donors (Lipinski definition) is 7. The molecule has 0 aliphatic carbocycles. The Bertz CT molecular complexity index is 1010. The summed E-state index contributed by atoms with van der Waals surface area (Å²) in [6.07, 6.45) is 2.85. The van der Waals surface area contributed by atoms with Crippen LogP contribution in [0, 0.1) is 0 Å². The van der Waals surface area contributed by atoms with E-state index in [9.17, 15) is 29.1 Å². The average molecular weight is 488 g/mol. The number of carbonyl (C=O) groups excluding carboxylic acids is 4. The first kappa shape index (κ1) is 27.0. The molecule has 0 saturated heterocycles. The van der Waals surface area contributed by atoms with Gasteiger partial charge >= 0.3 is 5.97 Å². The molecule has 0 saturated carbocycles. The van der Waals surface area contributed by atoms with Gasteiger partial charge in [-0.15, -0.1) is 0 Å². The number of aromatic nitrogens is 2. The Balaban J connectivity index is 2.00. The smallest absolute Gasteiger partial charge is 0.326 e. The summed E-state index contributed by atoms with van der Waals surface area (Å²) in [6.45, 7) is -0.484. The number of aromatic amines is 1. The van der Waals surface area contributed by atoms with E-state index in [4.69, 9.17) is 11.5 Å². The maximum absolute atomic E-state index is 12.9. The summed E-state index contributed by atoms with van der Waals surface area (Å²) in [4.78, 5) is 66.6. The zero-order valence-corrected chi connectivity index (χ0v) is 18.9. The summed E-state index contributed by atoms with van der Waals surface area (Å²) >= 11 is 0. The number of H-pyrrole nitrogens is 1. The molecule has 9 N–H and O–H groups in total. The summed E-state index contributed by atoms with van der Waals surface area (Å²) in [5.74, 6) is -3.92. The molecule has 0 aliphatic rings. The predicted molar refractivity (Wildman–Crippen MR) is 123 cm³/mol. The Morgan fingerprint density at radius 3 is 2.31 bits per heavy atom. The number of benzene rings is 1. The zero-order chi connectivity index (χ0) is 25.8. The lowest BCUT2D eigenvalue weighted by Gasteiger charge is -2.21. The molecule has 3 unspecified atom stereocenters. The van der Waals surface area contributed by atoms with Crippen LogP contribution in [0.3, 0.4) is 0 Å². The van der Waals surface area contributed by atoms with E-state index in [2.05, 4.69) is 25.9 Å². The Hall–Kier alpha value is -4.26. The molecule has 35 heavy (non-hydrogen) atoms. The minimum absolute atomic E-state index is 0.00131. The largest absolute Gasteiger partial charge is 0.480 e. The highest BCUT2D eigenvalue weighted by Crippen LogP contribution is 2.05. The molecule has 3 atom stereocenters. The molecule has 1 heterocycles. The van der Waals surface area contributed by atoms with Crippen molar-refractivity contribution in [3.8, 4) is 0 Å². The van der Waals surface area contributed by atoms with Crippen LogP contribution in [0.4, 0.5) is 0 Å². The molecular formula is C22H29N7O6. The Labute approximate surface area is 201 Å². The van der Waals surface area contributed by atoms with Crippen molar-refractivity contribution in [1.82, 2.24) is 25.9 Å². The summed E-state index contributed by atoms with van der Waals surface area (Å²) < 4.78 is 0. The van der Waals surface area contributed by atoms with Gasteiger partial charge in [0.25, 0.3) is 0 Å². The maximum Gasteiger partial charge on any atom is 0.326 e. The highest BCUT2D eigenvalue weighted by atomic mass is 16.4. The van der Waals surface area contributed by atoms with Crippen molar-refractivity contribution in [2.75, 3.05) is 6.54 Å². The number of rotatable bonds is 14. The van der Waals surface area contributed by atoms with Crippen molar-refractivity contribution in [2.24, 2.45) is 11.5 Å². The number of carboxylic acid groups (broad SMARTS) is 1. The lowest BCUT2D eigenvalue weighted by atomic mass is 10.0. The minimum Gasteiger partial charge on any atom is -0.480 e. The van der Waals surface area contributed by atoms with Crippen LogP contribution in [0.1, 0.15) is 24.1 Å². The van der Waals surface area contributed by atoms with Gasteiger partial charge in [-0.3, -0.25) is 19.2 Å². The molecule has 1 aromatic carbocycles. The number of nitrogens with zero attached hydrogens (tertiary/aromatic N) is 1. The third-order valence-corrected chi connectivity index (χ3v) is 4.99. The van der Waals surface area contributed by atoms with Crippen molar-refractivity contribution in [3.05, 3.63) is 54.1 Å². The van der Waals surface area contributed by atoms with Gasteiger partial charge in [-0.1, -0.05) is 30.3 Å². The van der Waals surface area contributed by atoms with Crippen LogP contribution in [0.5, 0.6) is 0 Å². The molecule has 0 spiro atoms. The fraction of sp³-hybridized carbons (Fsp3) is 0.364. The first-order valence-electron chi connectivity index (χ1n) is 10.8. The molecule has 2 aromatic rings. The van der Waals surface area contributed by atoms with Crippen LogP contribution in [0.25, 0.3) is 0 Å². The number of carbonyl (C=O) groups is 5. The molecule has 2 rings (SSSR count). The molecule has 1 aromatic heterocycles. The van der Waals surface area contributed by atoms with Crippen LogP contribution in [0.15, 0.2) is 42.9 Å². The van der Waals surface area contributed by atoms with E-state index in [1.165, 1.54) is 12.5 Å². The van der Waals surface area contributed by atoms with Gasteiger partial charge in [0.05, 0.1) is 18.9 Å². The number of amides is 4. The van der Waals surface area contributed by atoms with Crippen molar-refractivity contribution in [2.45, 2.75) is 43.8 Å². The number of hydrogen-bond acceptors (Lipinski definition) is 7. The van der Waals surface area contributed by atoms with Gasteiger partial charge in [0, 0.05) is 31.2 Å². The standard InChI is InChI=1S/C22H29N7O6/c23-15(6-7-18(24)30)20(32)26-11-19(31)28-16(9-14-10-25-12-27-14)21(33)29-17(22(34)35)8-13-4-2-1-3-5-13/h1-5,10,12,15-17H,6-9,11,23H2,(H2,24,30)(H,25,27)(H,26,32)(H,28,31)(H,29,33)(H,34,35). The number of primary amides is 1. The van der Waals surface area contributed by atoms with Crippen LogP contribution >= 0.6 is 0 Å². The van der Waals surface area contributed by atoms with Gasteiger partial charge in [0.1, 0.15) is 12.1 Å². The van der Waals surface area contributed by atoms with Gasteiger partial charge in [-0.25, -0.2) is 9.78 Å². The van der Waals surface area contributed by atoms with Gasteiger partial charge in [0.2, 0.25) is 23.6 Å². The summed E-state index contributed by atoms with van der Waals surface area (Å²) in [5, 5.41) is 16.8. The molecule has 4 amide bonds. The first-order chi connectivity index (χ1) is 16.7. The van der Waals surface area contributed by atoms with Crippen LogP contribution in [0.2, 0.25) is 0 Å². The molecule has 0 aliphatic heterocycles. The fourth-order valence-corrected chi connectivity index (χ4v) is 3.12. The molecule has 0 radical (unpaired) electrons. The van der Waals surface area contributed by atoms with Crippen LogP contribution < -0.4 is 27.4 Å². The van der Waals surface area contributed by atoms with E-state index in [0.29, 0.717) is 11.3 Å². The number of imidazole rings is 1. The van der Waals surface area contributed by atoms with Gasteiger partial charge in [0.15, 0.2) is 0 Å². The van der Waals surface area contributed by atoms with Crippen molar-refractivity contribution in [1.29, 1.82) is 0 Å². The molecule has 0 fully saturated rings. The summed E-state index contributed by atoms with van der Waals surface area (Å²) in [5.41, 5.74) is 11.9. The molecule has 0 bridgehead atoms. The topological polar surface area (TPSA) is 222 Å². The molecule has 13 nitrogen and oxygen atoms in total. The van der Waals surface area contributed by atoms with E-state index in [1.54, 1.807) is 30.3 Å². The quantitative estimate of drug-likeness (QED) is 0.157. The molecule has 13 heteroatoms. The lowest BCUT2D eigenvalue weighted by Crippen LogP contribution is -2.55. The molecule has 188 valence electrons. The third kappa shape index (κ3) is 9.63. The van der Waals surface area contributed by atoms with E-state index >= 15 is 0 Å². The highest BCUT2D eigenvalue weighted by molar-refractivity contribution is 5.92. The van der Waals surface area contributed by atoms with E-state index in [1.807, 2.05) is 0 Å². The number of nitrogens with two attached hydrogens (primary N) is 2. The second kappa shape index (κ2) is 13.4. The van der Waals surface area contributed by atoms with Gasteiger partial charge in [-0.2, -0.15) is 0 Å². The Morgan fingerprint density at radius 2 is 1.71 bits per heavy atom. The number of nitrogens with one attached hydrogen (secondary N) is 4. The maximum atomic E-state index is 12.9. The second-order valence-electron chi connectivity index (χ2n) is 7.82. The SMILES string of the molecule is NC(=O)CCC(N)C(=O)NCC(=O)NC(Cc1cnc[nH]1)C(=O)NC(Cc1ccccc1)C(=O)O. The van der Waals surface area contributed by atoms with Gasteiger partial charge in [-0.05, 0) is 12.0 Å². The first-order valence-corrected chi connectivity index (χ1v) is 10.8. The van der Waals surface area contributed by atoms with E-state index in [-0.39, 0.29) is 25.7 Å². The number of aliphatic carboxylic acids is 1. The van der Waals surface area contributed by atoms with Gasteiger partial charge < -0.3 is 37.5 Å². The highest BCUT2D eigenvalue weighted by Gasteiger charge is 2.27. The zero-order valence-electron chi connectivity index (χ0n) is 18.9. The fourth-order valence-electron chi connectivity index (χ4n) is 3.12. The van der Waals surface area contributed by atoms with Crippen LogP contribution in [-0.4, -0.2) is 69.3 Å². The second-order valence-corrected chi connectivity index (χ2v) is 7.82. The van der Waals surface area contributed by atoms with Crippen molar-refractivity contribution in [3.63, 3.8) is 0 Å². The Morgan fingerprint density at radius 1 is 1.00 bits per heavy atom. The third-order valence-electron chi connectivity index (χ3n) is 4.99. The van der Waals surface area contributed by atoms with Crippen molar-refractivity contribution >= 4 is 29.6 Å². The van der Waals surface area contributed by atoms with Crippen molar-refractivity contribution < 1.29 is 29.1 Å². The Kier molecular flexibility index (Phi) is 10.4. The van der Waals surface area contributed by atoms with Crippen LogP contribution in [-0.2, 0) is 36.8 Å². The normalized spacial score (nSPS) is 13.2. The lowest BCUT2D eigenvalue weighted by molar-refractivity contribution is -0.142. The predicted octanol–water partition coefficient (Wildman–Crippen LogP) is -2.04. The summed E-state index contributed by atoms with van der Waals surface area (Å²) in [7, 11) is 0. The van der Waals surface area contributed by atoms with E-state index < -0.39 is 54.3 Å².